The molecular weight excluding hydrogens is 402 g/mol. The van der Waals surface area contributed by atoms with Crippen molar-refractivity contribution in [2.45, 2.75) is 26.2 Å². The maximum Gasteiger partial charge on any atom is 0.275 e. The van der Waals surface area contributed by atoms with Crippen molar-refractivity contribution in [3.63, 3.8) is 0 Å². The Morgan fingerprint density at radius 2 is 1.78 bits per heavy atom. The van der Waals surface area contributed by atoms with Crippen LogP contribution in [0.4, 0.5) is 11.4 Å². The number of nitrogens with one attached hydrogen (secondary N) is 2. The van der Waals surface area contributed by atoms with Gasteiger partial charge >= 0.3 is 0 Å². The first-order valence-electron chi connectivity index (χ1n) is 10.8. The average Bonchev–Trinajstić information content (AvgIpc) is 2.80. The molecule has 0 spiro atoms. The van der Waals surface area contributed by atoms with Crippen LogP contribution in [0.3, 0.4) is 0 Å². The Morgan fingerprint density at radius 1 is 1.06 bits per heavy atom. The summed E-state index contributed by atoms with van der Waals surface area (Å²) in [4.78, 5) is 23.9. The molecule has 1 saturated heterocycles. The molecule has 0 atom stereocenters. The lowest BCUT2D eigenvalue weighted by atomic mass is 9.87. The first kappa shape index (κ1) is 21.8. The third-order valence-electron chi connectivity index (χ3n) is 5.62. The molecule has 2 heterocycles. The largest absolute Gasteiger partial charge is 0.506 e. The molecule has 7 heteroatoms. The zero-order valence-corrected chi connectivity index (χ0v) is 18.7. The van der Waals surface area contributed by atoms with E-state index in [1.165, 1.54) is 11.9 Å². The van der Waals surface area contributed by atoms with E-state index in [1.807, 2.05) is 18.2 Å². The maximum absolute atomic E-state index is 12.8. The lowest BCUT2D eigenvalue weighted by Gasteiger charge is -2.29. The highest BCUT2D eigenvalue weighted by Crippen LogP contribution is 2.31. The highest BCUT2D eigenvalue weighted by Gasteiger charge is 2.18. The standard InChI is InChI=1S/C25H29N5O2/c1-25(2,3)18-6-9-23(31)20(14-18)29-24(32)22-16-27-15-21(28-22)17-4-7-19(8-5-17)30-12-10-26-11-13-30/h4-9,14-16,26,31H,10-13H2,1-3H3,(H,29,32). The van der Waals surface area contributed by atoms with Gasteiger partial charge in [0.15, 0.2) is 0 Å². The fourth-order valence-electron chi connectivity index (χ4n) is 3.67. The second kappa shape index (κ2) is 8.96. The van der Waals surface area contributed by atoms with Gasteiger partial charge in [-0.1, -0.05) is 39.0 Å². The number of hydrogen-bond acceptors (Lipinski definition) is 6. The van der Waals surface area contributed by atoms with Crippen molar-refractivity contribution in [1.29, 1.82) is 0 Å². The van der Waals surface area contributed by atoms with E-state index in [0.717, 1.165) is 37.3 Å². The summed E-state index contributed by atoms with van der Waals surface area (Å²) in [6, 6.07) is 13.4. The minimum atomic E-state index is -0.418. The highest BCUT2D eigenvalue weighted by molar-refractivity contribution is 6.03. The van der Waals surface area contributed by atoms with Crippen LogP contribution in [0.1, 0.15) is 36.8 Å². The van der Waals surface area contributed by atoms with Crippen LogP contribution in [0.15, 0.2) is 54.9 Å². The number of aromatic hydroxyl groups is 1. The second-order valence-corrected chi connectivity index (χ2v) is 9.01. The molecule has 3 N–H and O–H groups in total. The summed E-state index contributed by atoms with van der Waals surface area (Å²) in [5.74, 6) is -0.405. The zero-order chi connectivity index (χ0) is 22.7. The first-order chi connectivity index (χ1) is 15.3. The Hall–Kier alpha value is -3.45. The molecule has 2 aromatic carbocycles. The summed E-state index contributed by atoms with van der Waals surface area (Å²) in [7, 11) is 0. The van der Waals surface area contributed by atoms with Crippen molar-refractivity contribution in [1.82, 2.24) is 15.3 Å². The van der Waals surface area contributed by atoms with Crippen LogP contribution in [0.2, 0.25) is 0 Å². The molecule has 0 unspecified atom stereocenters. The van der Waals surface area contributed by atoms with Gasteiger partial charge in [-0.05, 0) is 35.2 Å². The van der Waals surface area contributed by atoms with Crippen LogP contribution in [0.25, 0.3) is 11.3 Å². The van der Waals surface area contributed by atoms with Crippen molar-refractivity contribution < 1.29 is 9.90 Å². The van der Waals surface area contributed by atoms with E-state index in [0.29, 0.717) is 11.4 Å². The Labute approximate surface area is 188 Å². The van der Waals surface area contributed by atoms with E-state index >= 15 is 0 Å². The van der Waals surface area contributed by atoms with Gasteiger partial charge < -0.3 is 20.6 Å². The minimum Gasteiger partial charge on any atom is -0.506 e. The molecule has 4 rings (SSSR count). The topological polar surface area (TPSA) is 90.4 Å². The van der Waals surface area contributed by atoms with Gasteiger partial charge in [0.25, 0.3) is 5.91 Å². The van der Waals surface area contributed by atoms with Gasteiger partial charge in [-0.3, -0.25) is 9.78 Å². The fraction of sp³-hybridized carbons (Fsp3) is 0.320. The molecule has 32 heavy (non-hydrogen) atoms. The second-order valence-electron chi connectivity index (χ2n) is 9.01. The number of nitrogens with zero attached hydrogens (tertiary/aromatic N) is 3. The Morgan fingerprint density at radius 3 is 2.47 bits per heavy atom. The third kappa shape index (κ3) is 4.89. The summed E-state index contributed by atoms with van der Waals surface area (Å²) >= 11 is 0. The lowest BCUT2D eigenvalue weighted by Crippen LogP contribution is -2.43. The number of carbonyl (C=O) groups is 1. The smallest absolute Gasteiger partial charge is 0.275 e. The predicted molar refractivity (Wildman–Crippen MR) is 127 cm³/mol. The third-order valence-corrected chi connectivity index (χ3v) is 5.62. The zero-order valence-electron chi connectivity index (χ0n) is 18.7. The molecule has 7 nitrogen and oxygen atoms in total. The summed E-state index contributed by atoms with van der Waals surface area (Å²) in [6.07, 6.45) is 3.08. The van der Waals surface area contributed by atoms with Gasteiger partial charge in [0, 0.05) is 37.4 Å². The van der Waals surface area contributed by atoms with Gasteiger partial charge in [-0.2, -0.15) is 0 Å². The molecule has 3 aromatic rings. The molecule has 0 radical (unpaired) electrons. The monoisotopic (exact) mass is 431 g/mol. The van der Waals surface area contributed by atoms with Crippen molar-refractivity contribution in [2.24, 2.45) is 0 Å². The van der Waals surface area contributed by atoms with Crippen LogP contribution in [0, 0.1) is 0 Å². The van der Waals surface area contributed by atoms with E-state index in [9.17, 15) is 9.90 Å². The Bertz CT molecular complexity index is 1100. The van der Waals surface area contributed by atoms with Crippen LogP contribution >= 0.6 is 0 Å². The molecule has 1 aromatic heterocycles. The number of carbonyl (C=O) groups excluding carboxylic acids is 1. The number of aromatic nitrogens is 2. The van der Waals surface area contributed by atoms with E-state index in [1.54, 1.807) is 18.3 Å². The van der Waals surface area contributed by atoms with Gasteiger partial charge in [0.1, 0.15) is 11.4 Å². The van der Waals surface area contributed by atoms with E-state index in [2.05, 4.69) is 58.4 Å². The first-order valence-corrected chi connectivity index (χ1v) is 10.8. The number of piperazine rings is 1. The summed E-state index contributed by atoms with van der Waals surface area (Å²) in [5.41, 5.74) is 4.13. The van der Waals surface area contributed by atoms with Gasteiger partial charge in [-0.15, -0.1) is 0 Å². The Balaban J connectivity index is 1.52. The highest BCUT2D eigenvalue weighted by atomic mass is 16.3. The van der Waals surface area contributed by atoms with Crippen molar-refractivity contribution in [3.8, 4) is 17.0 Å². The minimum absolute atomic E-state index is 0.0129. The molecule has 0 bridgehead atoms. The molecule has 0 aliphatic carbocycles. The molecule has 1 aliphatic heterocycles. The fourth-order valence-corrected chi connectivity index (χ4v) is 3.67. The van der Waals surface area contributed by atoms with Gasteiger partial charge in [0.2, 0.25) is 0 Å². The molecule has 166 valence electrons. The van der Waals surface area contributed by atoms with Gasteiger partial charge in [0.05, 0.1) is 23.8 Å². The number of phenols is 1. The van der Waals surface area contributed by atoms with Crippen molar-refractivity contribution >= 4 is 17.3 Å². The summed E-state index contributed by atoms with van der Waals surface area (Å²) in [6.45, 7) is 10.2. The van der Waals surface area contributed by atoms with Crippen LogP contribution in [0.5, 0.6) is 5.75 Å². The maximum atomic E-state index is 12.8. The number of hydrogen-bond donors (Lipinski definition) is 3. The van der Waals surface area contributed by atoms with Crippen LogP contribution < -0.4 is 15.5 Å². The summed E-state index contributed by atoms with van der Waals surface area (Å²) in [5, 5.41) is 16.3. The number of phenolic OH excluding ortho intramolecular Hbond substituents is 1. The Kier molecular flexibility index (Phi) is 6.10. The lowest BCUT2D eigenvalue weighted by molar-refractivity contribution is 0.102. The van der Waals surface area contributed by atoms with Crippen molar-refractivity contribution in [3.05, 3.63) is 66.1 Å². The van der Waals surface area contributed by atoms with E-state index in [-0.39, 0.29) is 16.9 Å². The predicted octanol–water partition coefficient (Wildman–Crippen LogP) is 3.81. The normalized spacial score (nSPS) is 14.3. The number of rotatable bonds is 4. The van der Waals surface area contributed by atoms with Crippen molar-refractivity contribution in [2.75, 3.05) is 36.4 Å². The molecule has 0 saturated carbocycles. The SMILES string of the molecule is CC(C)(C)c1ccc(O)c(NC(=O)c2cncc(-c3ccc(N4CCNCC4)cc3)n2)c1. The average molecular weight is 432 g/mol. The van der Waals surface area contributed by atoms with E-state index in [4.69, 9.17) is 0 Å². The molecule has 1 fully saturated rings. The van der Waals surface area contributed by atoms with E-state index < -0.39 is 5.91 Å². The summed E-state index contributed by atoms with van der Waals surface area (Å²) < 4.78 is 0. The number of benzene rings is 2. The van der Waals surface area contributed by atoms with Crippen LogP contribution in [-0.4, -0.2) is 47.2 Å². The number of amides is 1. The molecule has 1 amide bonds. The molecule has 1 aliphatic rings. The van der Waals surface area contributed by atoms with Crippen LogP contribution in [-0.2, 0) is 5.41 Å². The number of anilines is 2. The van der Waals surface area contributed by atoms with Gasteiger partial charge in [-0.25, -0.2) is 4.98 Å². The quantitative estimate of drug-likeness (QED) is 0.544. The molecular formula is C25H29N5O2.